The maximum atomic E-state index is 12.8. The van der Waals surface area contributed by atoms with Crippen molar-refractivity contribution < 1.29 is 9.59 Å². The summed E-state index contributed by atoms with van der Waals surface area (Å²) in [6.07, 6.45) is 2.46. The number of ketones is 1. The van der Waals surface area contributed by atoms with Crippen LogP contribution >= 0.6 is 0 Å². The molecule has 2 N–H and O–H groups in total. The number of aryl methyl sites for hydroxylation is 1. The fourth-order valence-electron chi connectivity index (χ4n) is 2.51. The van der Waals surface area contributed by atoms with Crippen molar-refractivity contribution in [3.05, 3.63) is 59.4 Å². The molecule has 0 radical (unpaired) electrons. The van der Waals surface area contributed by atoms with Crippen molar-refractivity contribution in [1.29, 1.82) is 0 Å². The van der Waals surface area contributed by atoms with Gasteiger partial charge in [-0.1, -0.05) is 30.3 Å². The average Bonchev–Trinajstić information content (AvgIpc) is 2.94. The molecule has 0 aliphatic carbocycles. The van der Waals surface area contributed by atoms with Crippen LogP contribution in [-0.2, 0) is 13.5 Å². The fourth-order valence-corrected chi connectivity index (χ4v) is 2.51. The molecule has 1 amide bonds. The normalized spacial score (nSPS) is 10.6. The molecule has 23 heavy (non-hydrogen) atoms. The Morgan fingerprint density at radius 1 is 1.17 bits per heavy atom. The van der Waals surface area contributed by atoms with Gasteiger partial charge in [-0.05, 0) is 25.0 Å². The van der Waals surface area contributed by atoms with E-state index in [-0.39, 0.29) is 11.7 Å². The average molecular weight is 313 g/mol. The Morgan fingerprint density at radius 2 is 1.87 bits per heavy atom. The molecule has 0 aliphatic rings. The van der Waals surface area contributed by atoms with Gasteiger partial charge in [-0.25, -0.2) is 0 Å². The van der Waals surface area contributed by atoms with Crippen LogP contribution in [0.4, 0.5) is 0 Å². The smallest absolute Gasteiger partial charge is 0.270 e. The van der Waals surface area contributed by atoms with Gasteiger partial charge in [-0.2, -0.15) is 0 Å². The van der Waals surface area contributed by atoms with Crippen molar-refractivity contribution >= 4 is 11.7 Å². The molecule has 0 spiro atoms. The third kappa shape index (κ3) is 4.29. The second-order valence-corrected chi connectivity index (χ2v) is 5.60. The Hall–Kier alpha value is -2.40. The van der Waals surface area contributed by atoms with Gasteiger partial charge in [-0.15, -0.1) is 0 Å². The summed E-state index contributed by atoms with van der Waals surface area (Å²) in [6.45, 7) is 2.99. The van der Waals surface area contributed by atoms with E-state index in [1.54, 1.807) is 28.8 Å². The van der Waals surface area contributed by atoms with Crippen LogP contribution in [0.1, 0.15) is 33.3 Å². The highest BCUT2D eigenvalue weighted by molar-refractivity contribution is 5.99. The zero-order valence-corrected chi connectivity index (χ0v) is 13.7. The molecular weight excluding hydrogens is 290 g/mol. The molecule has 0 bridgehead atoms. The maximum absolute atomic E-state index is 12.8. The second kappa shape index (κ2) is 7.74. The number of nitrogens with zero attached hydrogens (tertiary/aromatic N) is 2. The summed E-state index contributed by atoms with van der Waals surface area (Å²) in [5, 5.41) is 0. The number of rotatable bonds is 7. The second-order valence-electron chi connectivity index (χ2n) is 5.60. The van der Waals surface area contributed by atoms with Gasteiger partial charge in [0, 0.05) is 38.4 Å². The number of carbonyl (C=O) groups excluding carboxylic acids is 2. The Morgan fingerprint density at radius 3 is 2.43 bits per heavy atom. The highest BCUT2D eigenvalue weighted by Gasteiger charge is 2.19. The molecular formula is C18H23N3O2. The maximum Gasteiger partial charge on any atom is 0.270 e. The molecule has 5 nitrogen and oxygen atoms in total. The lowest BCUT2D eigenvalue weighted by Gasteiger charge is -2.22. The summed E-state index contributed by atoms with van der Waals surface area (Å²) in [4.78, 5) is 26.0. The fraction of sp³-hybridized carbons (Fsp3) is 0.333. The molecule has 2 aromatic rings. The molecule has 0 atom stereocenters. The van der Waals surface area contributed by atoms with E-state index in [1.165, 1.54) is 12.5 Å². The summed E-state index contributed by atoms with van der Waals surface area (Å²) >= 11 is 0. The standard InChI is InChI=1S/C18H23N3O2/c1-14(22)16-12-17(20(2)13-16)18(23)21(11-9-19)10-8-15-6-4-3-5-7-15/h3-7,12-13H,8-11,19H2,1-2H3. The van der Waals surface area contributed by atoms with Gasteiger partial charge < -0.3 is 15.2 Å². The monoisotopic (exact) mass is 313 g/mol. The molecule has 122 valence electrons. The van der Waals surface area contributed by atoms with Gasteiger partial charge in [0.1, 0.15) is 5.69 Å². The number of nitrogens with two attached hydrogens (primary N) is 1. The molecule has 1 aromatic heterocycles. The van der Waals surface area contributed by atoms with Gasteiger partial charge >= 0.3 is 0 Å². The van der Waals surface area contributed by atoms with Crippen molar-refractivity contribution in [2.75, 3.05) is 19.6 Å². The van der Waals surface area contributed by atoms with Gasteiger partial charge in [-0.3, -0.25) is 9.59 Å². The van der Waals surface area contributed by atoms with Gasteiger partial charge in [0.25, 0.3) is 5.91 Å². The van der Waals surface area contributed by atoms with E-state index in [0.717, 1.165) is 6.42 Å². The molecule has 0 saturated heterocycles. The Labute approximate surface area is 136 Å². The minimum atomic E-state index is -0.0959. The third-order valence-electron chi connectivity index (χ3n) is 3.83. The van der Waals surface area contributed by atoms with Crippen molar-refractivity contribution in [2.24, 2.45) is 12.8 Å². The topological polar surface area (TPSA) is 68.3 Å². The van der Waals surface area contributed by atoms with Gasteiger partial charge in [0.15, 0.2) is 5.78 Å². The first kappa shape index (κ1) is 17.0. The number of carbonyl (C=O) groups is 2. The lowest BCUT2D eigenvalue weighted by atomic mass is 10.1. The number of aromatic nitrogens is 1. The molecule has 0 aliphatic heterocycles. The summed E-state index contributed by atoms with van der Waals surface area (Å²) in [6, 6.07) is 11.7. The predicted octanol–water partition coefficient (Wildman–Crippen LogP) is 1.87. The highest BCUT2D eigenvalue weighted by Crippen LogP contribution is 2.12. The Kier molecular flexibility index (Phi) is 5.71. The van der Waals surface area contributed by atoms with E-state index in [2.05, 4.69) is 0 Å². The zero-order chi connectivity index (χ0) is 16.8. The molecule has 5 heteroatoms. The summed E-state index contributed by atoms with van der Waals surface area (Å²) in [7, 11) is 1.78. The van der Waals surface area contributed by atoms with Gasteiger partial charge in [0.05, 0.1) is 0 Å². The van der Waals surface area contributed by atoms with E-state index < -0.39 is 0 Å². The number of benzene rings is 1. The van der Waals surface area contributed by atoms with E-state index in [4.69, 9.17) is 5.73 Å². The van der Waals surface area contributed by atoms with Gasteiger partial charge in [0.2, 0.25) is 0 Å². The zero-order valence-electron chi connectivity index (χ0n) is 13.7. The van der Waals surface area contributed by atoms with E-state index >= 15 is 0 Å². The molecule has 0 saturated carbocycles. The Bertz CT molecular complexity index is 677. The lowest BCUT2D eigenvalue weighted by Crippen LogP contribution is -2.37. The SMILES string of the molecule is CC(=O)c1cc(C(=O)N(CCN)CCc2ccccc2)n(C)c1. The first-order valence-electron chi connectivity index (χ1n) is 7.73. The number of hydrogen-bond donors (Lipinski definition) is 1. The van der Waals surface area contributed by atoms with E-state index in [0.29, 0.717) is 30.9 Å². The predicted molar refractivity (Wildman–Crippen MR) is 90.5 cm³/mol. The summed E-state index contributed by atoms with van der Waals surface area (Å²) < 4.78 is 1.70. The van der Waals surface area contributed by atoms with Crippen LogP contribution in [0.3, 0.4) is 0 Å². The number of amides is 1. The lowest BCUT2D eigenvalue weighted by molar-refractivity contribution is 0.0752. The van der Waals surface area contributed by atoms with Crippen molar-refractivity contribution in [1.82, 2.24) is 9.47 Å². The van der Waals surface area contributed by atoms with Crippen LogP contribution in [0.25, 0.3) is 0 Å². The largest absolute Gasteiger partial charge is 0.346 e. The van der Waals surface area contributed by atoms with Crippen molar-refractivity contribution in [2.45, 2.75) is 13.3 Å². The van der Waals surface area contributed by atoms with Crippen molar-refractivity contribution in [3.63, 3.8) is 0 Å². The van der Waals surface area contributed by atoms with Crippen molar-refractivity contribution in [3.8, 4) is 0 Å². The number of hydrogen-bond acceptors (Lipinski definition) is 3. The minimum Gasteiger partial charge on any atom is -0.346 e. The molecule has 2 rings (SSSR count). The first-order chi connectivity index (χ1) is 11.0. The molecule has 1 heterocycles. The first-order valence-corrected chi connectivity index (χ1v) is 7.73. The van der Waals surface area contributed by atoms with E-state index in [9.17, 15) is 9.59 Å². The van der Waals surface area contributed by atoms with E-state index in [1.807, 2.05) is 30.3 Å². The van der Waals surface area contributed by atoms with Crippen LogP contribution in [0.5, 0.6) is 0 Å². The summed E-state index contributed by atoms with van der Waals surface area (Å²) in [5.41, 5.74) is 7.89. The van der Waals surface area contributed by atoms with Crippen LogP contribution in [0.2, 0.25) is 0 Å². The van der Waals surface area contributed by atoms with Crippen LogP contribution in [0.15, 0.2) is 42.6 Å². The quantitative estimate of drug-likeness (QED) is 0.794. The van der Waals surface area contributed by atoms with Crippen LogP contribution in [0, 0.1) is 0 Å². The number of Topliss-reactive ketones (excluding diaryl/α,β-unsaturated/α-hetero) is 1. The minimum absolute atomic E-state index is 0.0469. The van der Waals surface area contributed by atoms with Crippen LogP contribution < -0.4 is 5.73 Å². The Balaban J connectivity index is 2.13. The molecule has 0 unspecified atom stereocenters. The summed E-state index contributed by atoms with van der Waals surface area (Å²) in [5.74, 6) is -0.143. The highest BCUT2D eigenvalue weighted by atomic mass is 16.2. The molecule has 0 fully saturated rings. The molecule has 1 aromatic carbocycles. The van der Waals surface area contributed by atoms with Crippen LogP contribution in [-0.4, -0.2) is 40.8 Å². The third-order valence-corrected chi connectivity index (χ3v) is 3.83.